The number of carbonyl (C=O) groups excluding carboxylic acids is 4. The number of unbranched alkanes of at least 4 members (excludes halogenated alkanes) is 5. The van der Waals surface area contributed by atoms with Gasteiger partial charge < -0.3 is 0 Å². The standard InChI is InChI=1S/C14H16N2O4.C6H14/c1-2-3-4-5-10(15-11(17)6-7-12(15)18)16-13(19)8-9-14(16)20;1-3-5-6-4-2/h6-10H,2-5H2,1H3;3-6H2,1-2H3. The molecule has 0 radical (unpaired) electrons. The Morgan fingerprint density at radius 2 is 0.923 bits per heavy atom. The summed E-state index contributed by atoms with van der Waals surface area (Å²) in [5, 5.41) is 0. The molecule has 0 atom stereocenters. The molecule has 0 saturated heterocycles. The summed E-state index contributed by atoms with van der Waals surface area (Å²) >= 11 is 0. The molecule has 4 amide bonds. The molecule has 26 heavy (non-hydrogen) atoms. The first kappa shape index (κ1) is 21.8. The van der Waals surface area contributed by atoms with Crippen LogP contribution in [0.1, 0.15) is 72.1 Å². The van der Waals surface area contributed by atoms with Crippen LogP contribution in [0.2, 0.25) is 0 Å². The number of hydrogen-bond donors (Lipinski definition) is 0. The Morgan fingerprint density at radius 1 is 0.615 bits per heavy atom. The van der Waals surface area contributed by atoms with E-state index in [-0.39, 0.29) is 0 Å². The van der Waals surface area contributed by atoms with Crippen molar-refractivity contribution in [3.05, 3.63) is 24.3 Å². The van der Waals surface area contributed by atoms with Gasteiger partial charge in [-0.15, -0.1) is 0 Å². The van der Waals surface area contributed by atoms with E-state index in [0.29, 0.717) is 6.42 Å². The minimum atomic E-state index is -0.827. The van der Waals surface area contributed by atoms with Gasteiger partial charge in [-0.05, 0) is 12.8 Å². The average molecular weight is 362 g/mol. The van der Waals surface area contributed by atoms with Gasteiger partial charge in [0.2, 0.25) is 0 Å². The van der Waals surface area contributed by atoms with Crippen LogP contribution in [0.3, 0.4) is 0 Å². The molecule has 2 rings (SSSR count). The molecular weight excluding hydrogens is 332 g/mol. The molecule has 2 aliphatic rings. The highest BCUT2D eigenvalue weighted by Gasteiger charge is 2.40. The smallest absolute Gasteiger partial charge is 0.255 e. The first-order valence-corrected chi connectivity index (χ1v) is 9.58. The maximum atomic E-state index is 11.8. The van der Waals surface area contributed by atoms with E-state index in [4.69, 9.17) is 0 Å². The lowest BCUT2D eigenvalue weighted by Gasteiger charge is -2.32. The quantitative estimate of drug-likeness (QED) is 0.466. The van der Waals surface area contributed by atoms with E-state index in [0.717, 1.165) is 53.4 Å². The van der Waals surface area contributed by atoms with Crippen molar-refractivity contribution >= 4 is 23.6 Å². The van der Waals surface area contributed by atoms with Crippen molar-refractivity contribution in [1.29, 1.82) is 0 Å². The highest BCUT2D eigenvalue weighted by atomic mass is 16.2. The Morgan fingerprint density at radius 3 is 1.23 bits per heavy atom. The summed E-state index contributed by atoms with van der Waals surface area (Å²) in [6.07, 6.45) is 12.4. The first-order valence-electron chi connectivity index (χ1n) is 9.58. The minimum absolute atomic E-state index is 0.409. The van der Waals surface area contributed by atoms with E-state index in [1.165, 1.54) is 25.7 Å². The molecule has 0 N–H and O–H groups in total. The number of hydrogen-bond acceptors (Lipinski definition) is 4. The summed E-state index contributed by atoms with van der Waals surface area (Å²) in [5.41, 5.74) is 0. The maximum Gasteiger partial charge on any atom is 0.255 e. The van der Waals surface area contributed by atoms with Crippen LogP contribution in [-0.4, -0.2) is 39.6 Å². The molecule has 6 nitrogen and oxygen atoms in total. The maximum absolute atomic E-state index is 11.8. The van der Waals surface area contributed by atoms with Gasteiger partial charge in [0.25, 0.3) is 23.6 Å². The van der Waals surface area contributed by atoms with Crippen LogP contribution >= 0.6 is 0 Å². The van der Waals surface area contributed by atoms with Gasteiger partial charge in [0.15, 0.2) is 0 Å². The summed E-state index contributed by atoms with van der Waals surface area (Å²) in [4.78, 5) is 49.1. The second-order valence-electron chi connectivity index (χ2n) is 6.44. The SMILES string of the molecule is CCCCCC.CCCCCC(N1C(=O)C=CC1=O)N1C(=O)C=CC1=O. The molecular formula is C20H30N2O4. The first-order chi connectivity index (χ1) is 12.5. The summed E-state index contributed by atoms with van der Waals surface area (Å²) in [7, 11) is 0. The van der Waals surface area contributed by atoms with E-state index in [1.54, 1.807) is 0 Å². The molecule has 0 aromatic carbocycles. The lowest BCUT2D eigenvalue weighted by Crippen LogP contribution is -2.53. The molecule has 2 heterocycles. The number of carbonyl (C=O) groups is 4. The van der Waals surface area contributed by atoms with Crippen molar-refractivity contribution in [3.63, 3.8) is 0 Å². The number of rotatable bonds is 9. The number of nitrogens with zero attached hydrogens (tertiary/aromatic N) is 2. The molecule has 144 valence electrons. The third-order valence-corrected chi connectivity index (χ3v) is 4.31. The van der Waals surface area contributed by atoms with Crippen molar-refractivity contribution in [2.75, 3.05) is 0 Å². The molecule has 0 aromatic rings. The number of amides is 4. The van der Waals surface area contributed by atoms with Crippen LogP contribution in [0.15, 0.2) is 24.3 Å². The van der Waals surface area contributed by atoms with Gasteiger partial charge >= 0.3 is 0 Å². The van der Waals surface area contributed by atoms with Crippen LogP contribution in [0, 0.1) is 0 Å². The van der Waals surface area contributed by atoms with E-state index in [2.05, 4.69) is 13.8 Å². The molecule has 0 aromatic heterocycles. The molecule has 0 bridgehead atoms. The number of imide groups is 2. The summed E-state index contributed by atoms with van der Waals surface area (Å²) < 4.78 is 0. The Bertz CT molecular complexity index is 498. The molecule has 2 aliphatic heterocycles. The molecule has 0 fully saturated rings. The van der Waals surface area contributed by atoms with Crippen LogP contribution in [-0.2, 0) is 19.2 Å². The van der Waals surface area contributed by atoms with E-state index in [1.807, 2.05) is 6.92 Å². The van der Waals surface area contributed by atoms with E-state index in [9.17, 15) is 19.2 Å². The van der Waals surface area contributed by atoms with E-state index >= 15 is 0 Å². The zero-order valence-corrected chi connectivity index (χ0v) is 16.1. The van der Waals surface area contributed by atoms with Crippen molar-refractivity contribution in [3.8, 4) is 0 Å². The van der Waals surface area contributed by atoms with Crippen molar-refractivity contribution in [1.82, 2.24) is 9.80 Å². The van der Waals surface area contributed by atoms with Gasteiger partial charge in [-0.3, -0.25) is 29.0 Å². The van der Waals surface area contributed by atoms with Gasteiger partial charge in [-0.25, -0.2) is 0 Å². The predicted molar refractivity (Wildman–Crippen MR) is 99.7 cm³/mol. The molecule has 0 saturated carbocycles. The van der Waals surface area contributed by atoms with E-state index < -0.39 is 29.8 Å². The van der Waals surface area contributed by atoms with Crippen LogP contribution in [0.5, 0.6) is 0 Å². The summed E-state index contributed by atoms with van der Waals surface area (Å²) in [6.45, 7) is 6.49. The second kappa shape index (κ2) is 11.4. The Balaban J connectivity index is 0.000000487. The van der Waals surface area contributed by atoms with Gasteiger partial charge in [-0.1, -0.05) is 59.3 Å². The van der Waals surface area contributed by atoms with Gasteiger partial charge in [-0.2, -0.15) is 0 Å². The normalized spacial score (nSPS) is 16.2. The second-order valence-corrected chi connectivity index (χ2v) is 6.44. The lowest BCUT2D eigenvalue weighted by molar-refractivity contribution is -0.152. The fourth-order valence-electron chi connectivity index (χ4n) is 2.86. The van der Waals surface area contributed by atoms with Crippen LogP contribution in [0.25, 0.3) is 0 Å². The Kier molecular flexibility index (Phi) is 9.55. The zero-order valence-electron chi connectivity index (χ0n) is 16.1. The van der Waals surface area contributed by atoms with Crippen molar-refractivity contribution < 1.29 is 19.2 Å². The lowest BCUT2D eigenvalue weighted by atomic mass is 10.1. The fraction of sp³-hybridized carbons (Fsp3) is 0.600. The topological polar surface area (TPSA) is 74.8 Å². The van der Waals surface area contributed by atoms with Crippen LogP contribution < -0.4 is 0 Å². The fourth-order valence-corrected chi connectivity index (χ4v) is 2.86. The summed E-state index contributed by atoms with van der Waals surface area (Å²) in [5.74, 6) is -1.93. The Hall–Kier alpha value is -2.24. The predicted octanol–water partition coefficient (Wildman–Crippen LogP) is 3.33. The highest BCUT2D eigenvalue weighted by molar-refractivity contribution is 6.16. The monoisotopic (exact) mass is 362 g/mol. The third kappa shape index (κ3) is 5.93. The molecule has 0 aliphatic carbocycles. The third-order valence-electron chi connectivity index (χ3n) is 4.31. The molecule has 0 spiro atoms. The average Bonchev–Trinajstić information content (AvgIpc) is 3.13. The van der Waals surface area contributed by atoms with Crippen molar-refractivity contribution in [2.45, 2.75) is 78.3 Å². The largest absolute Gasteiger partial charge is 0.269 e. The zero-order chi connectivity index (χ0) is 19.5. The van der Waals surface area contributed by atoms with Gasteiger partial charge in [0.05, 0.1) is 0 Å². The van der Waals surface area contributed by atoms with Crippen LogP contribution in [0.4, 0.5) is 0 Å². The molecule has 0 unspecified atom stereocenters. The van der Waals surface area contributed by atoms with Crippen molar-refractivity contribution in [2.24, 2.45) is 0 Å². The Labute approximate surface area is 155 Å². The summed E-state index contributed by atoms with van der Waals surface area (Å²) in [6, 6.07) is 0. The van der Waals surface area contributed by atoms with Gasteiger partial charge in [0, 0.05) is 24.3 Å². The minimum Gasteiger partial charge on any atom is -0.269 e. The highest BCUT2D eigenvalue weighted by Crippen LogP contribution is 2.22. The van der Waals surface area contributed by atoms with Gasteiger partial charge in [0.1, 0.15) is 6.17 Å². The molecule has 6 heteroatoms.